The minimum absolute atomic E-state index is 0.183. The van der Waals surface area contributed by atoms with Crippen molar-refractivity contribution in [3.8, 4) is 0 Å². The topological polar surface area (TPSA) is 62.4 Å². The Hall–Kier alpha value is -1.41. The van der Waals surface area contributed by atoms with Crippen LogP contribution in [0.1, 0.15) is 22.5 Å². The summed E-state index contributed by atoms with van der Waals surface area (Å²) in [7, 11) is 0. The van der Waals surface area contributed by atoms with E-state index < -0.39 is 0 Å². The highest BCUT2D eigenvalue weighted by Gasteiger charge is 2.18. The van der Waals surface area contributed by atoms with Gasteiger partial charge in [0.05, 0.1) is 11.1 Å². The van der Waals surface area contributed by atoms with Gasteiger partial charge in [-0.15, -0.1) is 11.3 Å². The van der Waals surface area contributed by atoms with Crippen molar-refractivity contribution in [3.05, 3.63) is 34.2 Å². The maximum absolute atomic E-state index is 12.2. The Kier molecular flexibility index (Phi) is 5.32. The van der Waals surface area contributed by atoms with Crippen molar-refractivity contribution in [2.24, 2.45) is 0 Å². The second kappa shape index (κ2) is 7.44. The van der Waals surface area contributed by atoms with E-state index in [9.17, 15) is 4.79 Å². The van der Waals surface area contributed by atoms with Crippen molar-refractivity contribution in [2.75, 3.05) is 13.2 Å². The van der Waals surface area contributed by atoms with Crippen LogP contribution in [0, 0.1) is 0 Å². The molecule has 1 fully saturated rings. The van der Waals surface area contributed by atoms with Gasteiger partial charge in [-0.05, 0) is 31.1 Å². The summed E-state index contributed by atoms with van der Waals surface area (Å²) < 4.78 is 6.47. The van der Waals surface area contributed by atoms with E-state index in [4.69, 9.17) is 28.6 Å². The van der Waals surface area contributed by atoms with E-state index in [-0.39, 0.29) is 12.0 Å². The van der Waals surface area contributed by atoms with Gasteiger partial charge in [-0.3, -0.25) is 15.6 Å². The molecule has 122 valence electrons. The largest absolute Gasteiger partial charge is 0.376 e. The molecule has 0 aliphatic carbocycles. The second-order valence-corrected chi connectivity index (χ2v) is 7.00. The van der Waals surface area contributed by atoms with Crippen molar-refractivity contribution in [3.63, 3.8) is 0 Å². The molecule has 1 aromatic carbocycles. The summed E-state index contributed by atoms with van der Waals surface area (Å²) in [6, 6.07) is 7.64. The highest BCUT2D eigenvalue weighted by atomic mass is 35.5. The number of hydrogen-bond donors (Lipinski definition) is 3. The number of thiophene rings is 1. The molecule has 23 heavy (non-hydrogen) atoms. The molecule has 1 aliphatic rings. The van der Waals surface area contributed by atoms with Crippen molar-refractivity contribution in [1.29, 1.82) is 0 Å². The average Bonchev–Trinajstić information content (AvgIpc) is 3.19. The fraction of sp³-hybridized carbons (Fsp3) is 0.333. The molecule has 1 aromatic heterocycles. The van der Waals surface area contributed by atoms with Crippen LogP contribution in [-0.2, 0) is 4.74 Å². The van der Waals surface area contributed by atoms with Crippen LogP contribution in [0.3, 0.4) is 0 Å². The number of nitrogens with one attached hydrogen (secondary N) is 3. The Balaban J connectivity index is 1.53. The van der Waals surface area contributed by atoms with Crippen LogP contribution in [0.5, 0.6) is 0 Å². The first-order valence-corrected chi connectivity index (χ1v) is 8.88. The number of amides is 1. The van der Waals surface area contributed by atoms with Crippen molar-refractivity contribution in [2.45, 2.75) is 18.9 Å². The maximum atomic E-state index is 12.2. The highest BCUT2D eigenvalue weighted by molar-refractivity contribution is 7.80. The summed E-state index contributed by atoms with van der Waals surface area (Å²) in [5.41, 5.74) is 5.26. The third-order valence-electron chi connectivity index (χ3n) is 3.54. The Morgan fingerprint density at radius 3 is 2.96 bits per heavy atom. The van der Waals surface area contributed by atoms with E-state index in [0.29, 0.717) is 21.6 Å². The molecule has 8 heteroatoms. The van der Waals surface area contributed by atoms with Gasteiger partial charge in [0.25, 0.3) is 5.91 Å². The summed E-state index contributed by atoms with van der Waals surface area (Å²) in [5, 5.41) is 4.72. The average molecular weight is 370 g/mol. The number of carbonyl (C=O) groups is 1. The molecule has 3 N–H and O–H groups in total. The molecule has 0 radical (unpaired) electrons. The lowest BCUT2D eigenvalue weighted by molar-refractivity contribution is 0.0947. The quantitative estimate of drug-likeness (QED) is 0.573. The standard InChI is InChI=1S/C15H16ClN3O2S2/c16-12-10-5-1-2-6-11(10)23-13(12)14(20)18-19-15(22)17-8-9-4-3-7-21-9/h1-2,5-6,9H,3-4,7-8H2,(H,18,20)(H2,17,19,22). The number of fused-ring (bicyclic) bond motifs is 1. The van der Waals surface area contributed by atoms with Crippen LogP contribution < -0.4 is 16.2 Å². The molecular weight excluding hydrogens is 354 g/mol. The number of benzene rings is 1. The monoisotopic (exact) mass is 369 g/mol. The Morgan fingerprint density at radius 1 is 1.39 bits per heavy atom. The summed E-state index contributed by atoms with van der Waals surface area (Å²) >= 11 is 12.8. The minimum Gasteiger partial charge on any atom is -0.376 e. The number of rotatable bonds is 3. The summed E-state index contributed by atoms with van der Waals surface area (Å²) in [6.45, 7) is 1.43. The predicted octanol–water partition coefficient (Wildman–Crippen LogP) is 2.84. The highest BCUT2D eigenvalue weighted by Crippen LogP contribution is 2.34. The zero-order chi connectivity index (χ0) is 16.2. The van der Waals surface area contributed by atoms with Gasteiger partial charge in [0.2, 0.25) is 0 Å². The number of ether oxygens (including phenoxy) is 1. The van der Waals surface area contributed by atoms with Crippen LogP contribution in [0.25, 0.3) is 10.1 Å². The van der Waals surface area contributed by atoms with Gasteiger partial charge in [-0.2, -0.15) is 0 Å². The van der Waals surface area contributed by atoms with E-state index in [1.165, 1.54) is 11.3 Å². The van der Waals surface area contributed by atoms with E-state index in [2.05, 4.69) is 16.2 Å². The third kappa shape index (κ3) is 3.92. The van der Waals surface area contributed by atoms with Crippen LogP contribution in [0.2, 0.25) is 5.02 Å². The predicted molar refractivity (Wildman–Crippen MR) is 97.0 cm³/mol. The van der Waals surface area contributed by atoms with Crippen molar-refractivity contribution >= 4 is 56.3 Å². The molecule has 1 amide bonds. The molecular formula is C15H16ClN3O2S2. The maximum Gasteiger partial charge on any atom is 0.281 e. The van der Waals surface area contributed by atoms with Gasteiger partial charge in [-0.1, -0.05) is 29.8 Å². The zero-order valence-corrected chi connectivity index (χ0v) is 14.6. The molecule has 1 atom stereocenters. The number of hydrazine groups is 1. The number of halogens is 1. The van der Waals surface area contributed by atoms with E-state index in [1.807, 2.05) is 24.3 Å². The van der Waals surface area contributed by atoms with E-state index >= 15 is 0 Å². The molecule has 0 saturated carbocycles. The third-order valence-corrected chi connectivity index (χ3v) is 5.47. The Labute approximate surface area is 148 Å². The molecule has 3 rings (SSSR count). The van der Waals surface area contributed by atoms with Gasteiger partial charge >= 0.3 is 0 Å². The van der Waals surface area contributed by atoms with Gasteiger partial charge in [0.15, 0.2) is 5.11 Å². The zero-order valence-electron chi connectivity index (χ0n) is 12.2. The molecule has 0 bridgehead atoms. The number of carbonyl (C=O) groups excluding carboxylic acids is 1. The molecule has 1 saturated heterocycles. The smallest absolute Gasteiger partial charge is 0.281 e. The van der Waals surface area contributed by atoms with Gasteiger partial charge < -0.3 is 10.1 Å². The van der Waals surface area contributed by atoms with Gasteiger partial charge in [0, 0.05) is 23.2 Å². The summed E-state index contributed by atoms with van der Waals surface area (Å²) in [5.74, 6) is -0.308. The minimum atomic E-state index is -0.308. The van der Waals surface area contributed by atoms with E-state index in [0.717, 1.165) is 29.5 Å². The fourth-order valence-corrected chi connectivity index (χ4v) is 3.93. The van der Waals surface area contributed by atoms with Crippen molar-refractivity contribution in [1.82, 2.24) is 16.2 Å². The SMILES string of the molecule is O=C(NNC(=S)NCC1CCCO1)c1sc2ccccc2c1Cl. The fourth-order valence-electron chi connectivity index (χ4n) is 2.39. The van der Waals surface area contributed by atoms with Crippen LogP contribution in [0.15, 0.2) is 24.3 Å². The first-order valence-electron chi connectivity index (χ1n) is 7.28. The summed E-state index contributed by atoms with van der Waals surface area (Å²) in [6.07, 6.45) is 2.29. The Morgan fingerprint density at radius 2 is 2.22 bits per heavy atom. The molecule has 1 unspecified atom stereocenters. The normalized spacial score (nSPS) is 17.2. The van der Waals surface area contributed by atoms with Crippen LogP contribution in [-0.4, -0.2) is 30.3 Å². The lowest BCUT2D eigenvalue weighted by atomic mass is 10.2. The first-order chi connectivity index (χ1) is 11.1. The molecule has 5 nitrogen and oxygen atoms in total. The lowest BCUT2D eigenvalue weighted by Gasteiger charge is -2.14. The first kappa shape index (κ1) is 16.4. The molecule has 0 spiro atoms. The summed E-state index contributed by atoms with van der Waals surface area (Å²) in [4.78, 5) is 12.7. The molecule has 2 heterocycles. The van der Waals surface area contributed by atoms with E-state index in [1.54, 1.807) is 0 Å². The lowest BCUT2D eigenvalue weighted by Crippen LogP contribution is -2.48. The Bertz CT molecular complexity index is 729. The number of thiocarbonyl (C=S) groups is 1. The molecule has 2 aromatic rings. The van der Waals surface area contributed by atoms with Crippen LogP contribution >= 0.6 is 35.2 Å². The van der Waals surface area contributed by atoms with Crippen LogP contribution in [0.4, 0.5) is 0 Å². The van der Waals surface area contributed by atoms with Crippen molar-refractivity contribution < 1.29 is 9.53 Å². The number of hydrogen-bond acceptors (Lipinski definition) is 4. The van der Waals surface area contributed by atoms with Gasteiger partial charge in [0.1, 0.15) is 4.88 Å². The second-order valence-electron chi connectivity index (χ2n) is 5.17. The van der Waals surface area contributed by atoms with Gasteiger partial charge in [-0.25, -0.2) is 0 Å². The molecule has 1 aliphatic heterocycles.